The molecule has 0 aromatic heterocycles. The molecule has 0 aliphatic rings. The lowest BCUT2D eigenvalue weighted by atomic mass is 10.2. The van der Waals surface area contributed by atoms with Crippen molar-refractivity contribution in [3.8, 4) is 11.5 Å². The number of carbonyl (C=O) groups is 1. The van der Waals surface area contributed by atoms with Gasteiger partial charge in [-0.2, -0.15) is 13.2 Å². The number of aryl methyl sites for hydroxylation is 1. The minimum absolute atomic E-state index is 0.437. The van der Waals surface area contributed by atoms with Crippen molar-refractivity contribution in [2.24, 2.45) is 0 Å². The molecular formula is C16H13F3O3. The maximum Gasteiger partial charge on any atom is 0.419 e. The fraction of sp³-hybridized carbons (Fsp3) is 0.188. The van der Waals surface area contributed by atoms with E-state index in [0.717, 1.165) is 17.7 Å². The van der Waals surface area contributed by atoms with Crippen molar-refractivity contribution < 1.29 is 27.4 Å². The van der Waals surface area contributed by atoms with E-state index in [0.29, 0.717) is 5.75 Å². The highest BCUT2D eigenvalue weighted by Crippen LogP contribution is 2.35. The minimum Gasteiger partial charge on any atom is -0.482 e. The summed E-state index contributed by atoms with van der Waals surface area (Å²) in [5.41, 5.74) is 0.0210. The Kier molecular flexibility index (Phi) is 4.70. The summed E-state index contributed by atoms with van der Waals surface area (Å²) in [5.74, 6) is -1.00. The van der Waals surface area contributed by atoms with Gasteiger partial charge in [-0.15, -0.1) is 0 Å². The molecular weight excluding hydrogens is 297 g/mol. The Morgan fingerprint density at radius 1 is 1.05 bits per heavy atom. The van der Waals surface area contributed by atoms with Gasteiger partial charge in [-0.05, 0) is 31.2 Å². The first-order valence-electron chi connectivity index (χ1n) is 6.42. The van der Waals surface area contributed by atoms with Gasteiger partial charge in [0.2, 0.25) is 0 Å². The number of hydrogen-bond donors (Lipinski definition) is 0. The first-order chi connectivity index (χ1) is 10.4. The molecule has 0 N–H and O–H groups in total. The highest BCUT2D eigenvalue weighted by atomic mass is 19.4. The van der Waals surface area contributed by atoms with Crippen LogP contribution in [0.25, 0.3) is 0 Å². The molecule has 0 spiro atoms. The number of para-hydroxylation sites is 1. The Morgan fingerprint density at radius 3 is 2.32 bits per heavy atom. The molecule has 2 aromatic rings. The Hall–Kier alpha value is -2.50. The lowest BCUT2D eigenvalue weighted by Gasteiger charge is -2.12. The predicted molar refractivity (Wildman–Crippen MR) is 73.8 cm³/mol. The molecule has 0 aliphatic heterocycles. The summed E-state index contributed by atoms with van der Waals surface area (Å²) in [5, 5.41) is 0. The third kappa shape index (κ3) is 4.25. The van der Waals surface area contributed by atoms with E-state index in [1.54, 1.807) is 24.3 Å². The van der Waals surface area contributed by atoms with Crippen molar-refractivity contribution in [1.29, 1.82) is 0 Å². The van der Waals surface area contributed by atoms with Crippen LogP contribution >= 0.6 is 0 Å². The number of esters is 1. The Morgan fingerprint density at radius 2 is 1.68 bits per heavy atom. The summed E-state index contributed by atoms with van der Waals surface area (Å²) in [6, 6.07) is 11.4. The van der Waals surface area contributed by atoms with Crippen molar-refractivity contribution in [2.45, 2.75) is 13.1 Å². The maximum absolute atomic E-state index is 12.8. The zero-order valence-corrected chi connectivity index (χ0v) is 11.7. The van der Waals surface area contributed by atoms with Crippen molar-refractivity contribution >= 4 is 5.97 Å². The summed E-state index contributed by atoms with van der Waals surface area (Å²) >= 11 is 0. The summed E-state index contributed by atoms with van der Waals surface area (Å²) in [6.45, 7) is 1.42. The van der Waals surface area contributed by atoms with Gasteiger partial charge >= 0.3 is 12.1 Å². The SMILES string of the molecule is Cc1ccc(OCC(=O)Oc2ccccc2C(F)(F)F)cc1. The quantitative estimate of drug-likeness (QED) is 0.632. The van der Waals surface area contributed by atoms with Crippen LogP contribution in [0, 0.1) is 6.92 Å². The highest BCUT2D eigenvalue weighted by molar-refractivity contribution is 5.74. The van der Waals surface area contributed by atoms with Crippen molar-refractivity contribution in [1.82, 2.24) is 0 Å². The lowest BCUT2D eigenvalue weighted by Crippen LogP contribution is -2.19. The van der Waals surface area contributed by atoms with E-state index >= 15 is 0 Å². The molecule has 0 bridgehead atoms. The second kappa shape index (κ2) is 6.51. The molecule has 0 aliphatic carbocycles. The van der Waals surface area contributed by atoms with E-state index in [4.69, 9.17) is 9.47 Å². The molecule has 0 saturated heterocycles. The minimum atomic E-state index is -4.59. The van der Waals surface area contributed by atoms with E-state index in [1.165, 1.54) is 12.1 Å². The van der Waals surface area contributed by atoms with Gasteiger partial charge in [-0.3, -0.25) is 0 Å². The maximum atomic E-state index is 12.8. The van der Waals surface area contributed by atoms with Crippen molar-refractivity contribution in [2.75, 3.05) is 6.61 Å². The van der Waals surface area contributed by atoms with Crippen LogP contribution in [0.5, 0.6) is 11.5 Å². The largest absolute Gasteiger partial charge is 0.482 e. The van der Waals surface area contributed by atoms with Gasteiger partial charge in [-0.25, -0.2) is 4.79 Å². The molecule has 6 heteroatoms. The molecule has 0 atom stereocenters. The number of benzene rings is 2. The Labute approximate surface area is 125 Å². The topological polar surface area (TPSA) is 35.5 Å². The van der Waals surface area contributed by atoms with Crippen LogP contribution in [0.15, 0.2) is 48.5 Å². The van der Waals surface area contributed by atoms with Crippen LogP contribution in [0.3, 0.4) is 0 Å². The number of halogens is 3. The van der Waals surface area contributed by atoms with Gasteiger partial charge in [0.05, 0.1) is 5.56 Å². The van der Waals surface area contributed by atoms with E-state index < -0.39 is 30.1 Å². The Balaban J connectivity index is 1.99. The zero-order valence-electron chi connectivity index (χ0n) is 11.7. The monoisotopic (exact) mass is 310 g/mol. The van der Waals surface area contributed by atoms with Crippen LogP contribution < -0.4 is 9.47 Å². The van der Waals surface area contributed by atoms with Gasteiger partial charge < -0.3 is 9.47 Å². The molecule has 116 valence electrons. The number of alkyl halides is 3. The summed E-state index contributed by atoms with van der Waals surface area (Å²) < 4.78 is 48.2. The molecule has 3 nitrogen and oxygen atoms in total. The van der Waals surface area contributed by atoms with Gasteiger partial charge in [0.15, 0.2) is 6.61 Å². The molecule has 0 fully saturated rings. The van der Waals surface area contributed by atoms with Crippen molar-refractivity contribution in [3.63, 3.8) is 0 Å². The average molecular weight is 310 g/mol. The molecule has 0 unspecified atom stereocenters. The average Bonchev–Trinajstić information content (AvgIpc) is 2.46. The highest BCUT2D eigenvalue weighted by Gasteiger charge is 2.34. The molecule has 0 saturated carbocycles. The molecule has 0 heterocycles. The fourth-order valence-electron chi connectivity index (χ4n) is 1.72. The zero-order chi connectivity index (χ0) is 16.2. The van der Waals surface area contributed by atoms with Crippen LogP contribution in [0.4, 0.5) is 13.2 Å². The summed E-state index contributed by atoms with van der Waals surface area (Å²) in [4.78, 5) is 11.6. The second-order valence-corrected chi connectivity index (χ2v) is 4.57. The second-order valence-electron chi connectivity index (χ2n) is 4.57. The van der Waals surface area contributed by atoms with Gasteiger partial charge in [-0.1, -0.05) is 29.8 Å². The number of rotatable bonds is 4. The first kappa shape index (κ1) is 15.9. The van der Waals surface area contributed by atoms with Crippen molar-refractivity contribution in [3.05, 3.63) is 59.7 Å². The van der Waals surface area contributed by atoms with E-state index in [-0.39, 0.29) is 0 Å². The predicted octanol–water partition coefficient (Wildman–Crippen LogP) is 4.00. The number of ether oxygens (including phenoxy) is 2. The van der Waals surface area contributed by atoms with Crippen LogP contribution in [0.2, 0.25) is 0 Å². The summed E-state index contributed by atoms with van der Waals surface area (Å²) in [6.07, 6.45) is -4.59. The Bertz CT molecular complexity index is 648. The fourth-order valence-corrected chi connectivity index (χ4v) is 1.72. The molecule has 0 radical (unpaired) electrons. The van der Waals surface area contributed by atoms with Gasteiger partial charge in [0, 0.05) is 0 Å². The summed E-state index contributed by atoms with van der Waals surface area (Å²) in [7, 11) is 0. The van der Waals surface area contributed by atoms with E-state index in [2.05, 4.69) is 0 Å². The smallest absolute Gasteiger partial charge is 0.419 e. The molecule has 0 amide bonds. The van der Waals surface area contributed by atoms with Gasteiger partial charge in [0.1, 0.15) is 11.5 Å². The molecule has 2 rings (SSSR count). The molecule has 22 heavy (non-hydrogen) atoms. The van der Waals surface area contributed by atoms with Crippen LogP contribution in [-0.2, 0) is 11.0 Å². The third-order valence-corrected chi connectivity index (χ3v) is 2.79. The van der Waals surface area contributed by atoms with E-state index in [1.807, 2.05) is 6.92 Å². The normalized spacial score (nSPS) is 11.1. The molecule has 2 aromatic carbocycles. The number of hydrogen-bond acceptors (Lipinski definition) is 3. The van der Waals surface area contributed by atoms with Gasteiger partial charge in [0.25, 0.3) is 0 Å². The first-order valence-corrected chi connectivity index (χ1v) is 6.42. The van der Waals surface area contributed by atoms with E-state index in [9.17, 15) is 18.0 Å². The number of carbonyl (C=O) groups excluding carboxylic acids is 1. The van der Waals surface area contributed by atoms with Crippen LogP contribution in [0.1, 0.15) is 11.1 Å². The standard InChI is InChI=1S/C16H13F3O3/c1-11-6-8-12(9-7-11)21-10-15(20)22-14-5-3-2-4-13(14)16(17,18)19/h2-9H,10H2,1H3. The van der Waals surface area contributed by atoms with Crippen LogP contribution in [-0.4, -0.2) is 12.6 Å². The lowest BCUT2D eigenvalue weighted by molar-refractivity contribution is -0.143. The third-order valence-electron chi connectivity index (χ3n) is 2.79.